The second-order valence-corrected chi connectivity index (χ2v) is 6.40. The van der Waals surface area contributed by atoms with Gasteiger partial charge in [-0.15, -0.1) is 11.3 Å². The number of aryl methyl sites for hydroxylation is 1. The van der Waals surface area contributed by atoms with Crippen LogP contribution in [-0.2, 0) is 7.05 Å². The Bertz CT molecular complexity index is 908. The zero-order chi connectivity index (χ0) is 15.7. The summed E-state index contributed by atoms with van der Waals surface area (Å²) in [6.45, 7) is 2.75. The van der Waals surface area contributed by atoms with Crippen molar-refractivity contribution in [1.82, 2.24) is 9.88 Å². The highest BCUT2D eigenvalue weighted by atomic mass is 32.1. The molecule has 0 radical (unpaired) electrons. The van der Waals surface area contributed by atoms with Crippen molar-refractivity contribution in [2.45, 2.75) is 19.8 Å². The van der Waals surface area contributed by atoms with Gasteiger partial charge in [-0.1, -0.05) is 31.5 Å². The minimum atomic E-state index is -0.0965. The molecule has 1 aromatic carbocycles. The molecule has 4 nitrogen and oxygen atoms in total. The van der Waals surface area contributed by atoms with Gasteiger partial charge in [0.15, 0.2) is 0 Å². The summed E-state index contributed by atoms with van der Waals surface area (Å²) >= 11 is 1.39. The first-order valence-corrected chi connectivity index (χ1v) is 8.24. The van der Waals surface area contributed by atoms with Gasteiger partial charge in [-0.2, -0.15) is 0 Å². The molecule has 0 aliphatic heterocycles. The Balaban J connectivity index is 2.13. The molecule has 0 aliphatic carbocycles. The highest BCUT2D eigenvalue weighted by molar-refractivity contribution is 7.21. The number of hydrogen-bond acceptors (Lipinski definition) is 3. The number of carbonyl (C=O) groups is 1. The van der Waals surface area contributed by atoms with Gasteiger partial charge in [-0.05, 0) is 18.6 Å². The molecule has 0 unspecified atom stereocenters. The molecule has 0 bridgehead atoms. The van der Waals surface area contributed by atoms with Crippen LogP contribution in [0.5, 0.6) is 0 Å². The normalized spacial score (nSPS) is 11.2. The molecule has 0 aliphatic rings. The first kappa shape index (κ1) is 14.8. The van der Waals surface area contributed by atoms with E-state index in [1.54, 1.807) is 17.7 Å². The average Bonchev–Trinajstić information content (AvgIpc) is 2.98. The van der Waals surface area contributed by atoms with E-state index in [1.807, 2.05) is 24.3 Å². The monoisotopic (exact) mass is 314 g/mol. The number of carbonyl (C=O) groups excluding carboxylic acids is 1. The molecule has 0 atom stereocenters. The third-order valence-electron chi connectivity index (χ3n) is 3.82. The Morgan fingerprint density at radius 3 is 2.82 bits per heavy atom. The largest absolute Gasteiger partial charge is 0.351 e. The number of aromatic nitrogens is 1. The number of nitrogens with zero attached hydrogens (tertiary/aromatic N) is 1. The fourth-order valence-electron chi connectivity index (χ4n) is 2.58. The van der Waals surface area contributed by atoms with Crippen molar-refractivity contribution >= 4 is 38.2 Å². The Morgan fingerprint density at radius 2 is 2.05 bits per heavy atom. The summed E-state index contributed by atoms with van der Waals surface area (Å²) in [5.41, 5.74) is 0.831. The van der Waals surface area contributed by atoms with Gasteiger partial charge in [0.2, 0.25) is 0 Å². The van der Waals surface area contributed by atoms with Crippen LogP contribution in [0.25, 0.3) is 21.0 Å². The quantitative estimate of drug-likeness (QED) is 0.751. The maximum atomic E-state index is 12.5. The van der Waals surface area contributed by atoms with Gasteiger partial charge in [-0.3, -0.25) is 9.59 Å². The van der Waals surface area contributed by atoms with Crippen molar-refractivity contribution in [1.29, 1.82) is 0 Å². The minimum Gasteiger partial charge on any atom is -0.351 e. The molecule has 3 aromatic rings. The summed E-state index contributed by atoms with van der Waals surface area (Å²) in [6, 6.07) is 9.51. The van der Waals surface area contributed by atoms with E-state index in [-0.39, 0.29) is 11.5 Å². The fourth-order valence-corrected chi connectivity index (χ4v) is 3.68. The molecular weight excluding hydrogens is 296 g/mol. The zero-order valence-electron chi connectivity index (χ0n) is 12.7. The van der Waals surface area contributed by atoms with E-state index < -0.39 is 0 Å². The second kappa shape index (κ2) is 5.93. The number of para-hydroxylation sites is 1. The Hall–Kier alpha value is -2.14. The first-order chi connectivity index (χ1) is 10.6. The van der Waals surface area contributed by atoms with Crippen molar-refractivity contribution < 1.29 is 4.79 Å². The molecule has 0 saturated heterocycles. The third kappa shape index (κ3) is 2.41. The Labute approximate surface area is 132 Å². The molecule has 1 N–H and O–H groups in total. The van der Waals surface area contributed by atoms with E-state index in [0.29, 0.717) is 16.8 Å². The van der Waals surface area contributed by atoms with Gasteiger partial charge in [-0.25, -0.2) is 0 Å². The SMILES string of the molecule is CCCCNC(=O)c1cc2c(=O)n(C)c3ccccc3c2s1. The lowest BCUT2D eigenvalue weighted by Crippen LogP contribution is -2.23. The van der Waals surface area contributed by atoms with Crippen LogP contribution in [0.1, 0.15) is 29.4 Å². The number of nitrogens with one attached hydrogen (secondary N) is 1. The number of fused-ring (bicyclic) bond motifs is 3. The van der Waals surface area contributed by atoms with Crippen molar-refractivity contribution in [3.8, 4) is 0 Å². The predicted octanol–water partition coefficient (Wildman–Crippen LogP) is 3.28. The number of hydrogen-bond donors (Lipinski definition) is 1. The lowest BCUT2D eigenvalue weighted by Gasteiger charge is -2.05. The lowest BCUT2D eigenvalue weighted by molar-refractivity contribution is 0.0957. The van der Waals surface area contributed by atoms with Gasteiger partial charge in [0.1, 0.15) is 0 Å². The Morgan fingerprint density at radius 1 is 1.27 bits per heavy atom. The molecule has 5 heteroatoms. The topological polar surface area (TPSA) is 51.1 Å². The van der Waals surface area contributed by atoms with E-state index in [0.717, 1.165) is 28.4 Å². The summed E-state index contributed by atoms with van der Waals surface area (Å²) in [7, 11) is 1.77. The summed E-state index contributed by atoms with van der Waals surface area (Å²) in [5, 5.41) is 4.53. The van der Waals surface area contributed by atoms with Crippen LogP contribution in [0.4, 0.5) is 0 Å². The van der Waals surface area contributed by atoms with Crippen LogP contribution in [0, 0.1) is 0 Å². The zero-order valence-corrected chi connectivity index (χ0v) is 13.5. The van der Waals surface area contributed by atoms with Crippen molar-refractivity contribution in [2.24, 2.45) is 7.05 Å². The van der Waals surface area contributed by atoms with Crippen LogP contribution in [-0.4, -0.2) is 17.0 Å². The Kier molecular flexibility index (Phi) is 3.98. The van der Waals surface area contributed by atoms with Crippen LogP contribution in [0.15, 0.2) is 35.1 Å². The van der Waals surface area contributed by atoms with Gasteiger partial charge in [0.25, 0.3) is 11.5 Å². The summed E-state index contributed by atoms with van der Waals surface area (Å²) < 4.78 is 2.53. The van der Waals surface area contributed by atoms with Crippen molar-refractivity contribution in [2.75, 3.05) is 6.54 Å². The van der Waals surface area contributed by atoms with Crippen LogP contribution in [0.2, 0.25) is 0 Å². The minimum absolute atomic E-state index is 0.0578. The van der Waals surface area contributed by atoms with Crippen LogP contribution >= 0.6 is 11.3 Å². The molecule has 22 heavy (non-hydrogen) atoms. The fraction of sp³-hybridized carbons (Fsp3) is 0.294. The van der Waals surface area contributed by atoms with E-state index in [2.05, 4.69) is 12.2 Å². The standard InChI is InChI=1S/C17H18N2O2S/c1-3-4-9-18-16(20)14-10-12-15(22-14)11-7-5-6-8-13(11)19(2)17(12)21/h5-8,10H,3-4,9H2,1-2H3,(H,18,20). The van der Waals surface area contributed by atoms with Gasteiger partial charge < -0.3 is 9.88 Å². The molecule has 0 fully saturated rings. The molecule has 114 valence electrons. The van der Waals surface area contributed by atoms with Crippen LogP contribution in [0.3, 0.4) is 0 Å². The summed E-state index contributed by atoms with van der Waals surface area (Å²) in [6.07, 6.45) is 2.00. The molecular formula is C17H18N2O2S. The van der Waals surface area contributed by atoms with E-state index >= 15 is 0 Å². The highest BCUT2D eigenvalue weighted by Crippen LogP contribution is 2.30. The van der Waals surface area contributed by atoms with Crippen molar-refractivity contribution in [3.05, 3.63) is 45.6 Å². The molecule has 0 spiro atoms. The van der Waals surface area contributed by atoms with Crippen molar-refractivity contribution in [3.63, 3.8) is 0 Å². The number of thiophene rings is 1. The van der Waals surface area contributed by atoms with Gasteiger partial charge >= 0.3 is 0 Å². The molecule has 0 saturated carbocycles. The molecule has 1 amide bonds. The number of rotatable bonds is 4. The number of benzene rings is 1. The van der Waals surface area contributed by atoms with Gasteiger partial charge in [0.05, 0.1) is 15.8 Å². The molecule has 3 rings (SSSR count). The maximum absolute atomic E-state index is 12.5. The second-order valence-electron chi connectivity index (χ2n) is 5.34. The first-order valence-electron chi connectivity index (χ1n) is 7.43. The number of amides is 1. The molecule has 2 aromatic heterocycles. The third-order valence-corrected chi connectivity index (χ3v) is 4.98. The maximum Gasteiger partial charge on any atom is 0.261 e. The van der Waals surface area contributed by atoms with E-state index in [4.69, 9.17) is 0 Å². The predicted molar refractivity (Wildman–Crippen MR) is 91.8 cm³/mol. The number of unbranched alkanes of at least 4 members (excludes halogenated alkanes) is 1. The average molecular weight is 314 g/mol. The lowest BCUT2D eigenvalue weighted by atomic mass is 10.2. The summed E-state index contributed by atoms with van der Waals surface area (Å²) in [5.74, 6) is -0.0965. The van der Waals surface area contributed by atoms with E-state index in [9.17, 15) is 9.59 Å². The summed E-state index contributed by atoms with van der Waals surface area (Å²) in [4.78, 5) is 25.3. The van der Waals surface area contributed by atoms with E-state index in [1.165, 1.54) is 11.3 Å². The van der Waals surface area contributed by atoms with Gasteiger partial charge in [0, 0.05) is 23.7 Å². The van der Waals surface area contributed by atoms with Crippen LogP contribution < -0.4 is 10.9 Å². The highest BCUT2D eigenvalue weighted by Gasteiger charge is 2.15. The smallest absolute Gasteiger partial charge is 0.261 e. The number of pyridine rings is 1. The molecule has 2 heterocycles.